The molecule has 0 aromatic rings. The number of aliphatic hydroxyl groups excluding tert-OH is 1. The number of amides is 1. The highest BCUT2D eigenvalue weighted by Crippen LogP contribution is 2.00. The molecule has 0 aliphatic carbocycles. The van der Waals surface area contributed by atoms with E-state index in [-0.39, 0.29) is 25.5 Å². The molecule has 15 heavy (non-hydrogen) atoms. The first kappa shape index (κ1) is 14.2. The first-order chi connectivity index (χ1) is 7.11. The van der Waals surface area contributed by atoms with Crippen LogP contribution in [-0.2, 0) is 4.79 Å². The lowest BCUT2D eigenvalue weighted by molar-refractivity contribution is -0.133. The number of nitrogens with one attached hydrogen (secondary N) is 1. The summed E-state index contributed by atoms with van der Waals surface area (Å²) < 4.78 is 24.1. The Morgan fingerprint density at radius 3 is 2.67 bits per heavy atom. The summed E-state index contributed by atoms with van der Waals surface area (Å²) in [6, 6.07) is 0. The maximum absolute atomic E-state index is 12.1. The third kappa shape index (κ3) is 7.21. The van der Waals surface area contributed by atoms with Gasteiger partial charge in [0.05, 0.1) is 13.2 Å². The number of hydrogen-bond donors (Lipinski definition) is 2. The van der Waals surface area contributed by atoms with E-state index in [4.69, 9.17) is 5.11 Å². The maximum Gasteiger partial charge on any atom is 0.255 e. The van der Waals surface area contributed by atoms with E-state index in [1.54, 1.807) is 0 Å². The molecule has 0 atom stereocenters. The molecule has 0 radical (unpaired) electrons. The predicted molar refractivity (Wildman–Crippen MR) is 52.8 cm³/mol. The van der Waals surface area contributed by atoms with Crippen LogP contribution in [0.3, 0.4) is 0 Å². The molecule has 0 aliphatic rings. The predicted octanol–water partition coefficient (Wildman–Crippen LogP) is 0.0720. The zero-order valence-corrected chi connectivity index (χ0v) is 8.88. The lowest BCUT2D eigenvalue weighted by Gasteiger charge is -2.21. The Morgan fingerprint density at radius 1 is 1.53 bits per heavy atom. The third-order valence-electron chi connectivity index (χ3n) is 1.85. The van der Waals surface area contributed by atoms with Crippen LogP contribution in [0.2, 0.25) is 0 Å². The van der Waals surface area contributed by atoms with Gasteiger partial charge in [-0.05, 0) is 6.54 Å². The summed E-state index contributed by atoms with van der Waals surface area (Å²) >= 11 is 0. The first-order valence-corrected chi connectivity index (χ1v) is 4.99. The van der Waals surface area contributed by atoms with Crippen LogP contribution in [0.15, 0.2) is 0 Å². The Kier molecular flexibility index (Phi) is 8.12. The number of aliphatic hydroxyl groups is 1. The molecule has 0 aromatic heterocycles. The monoisotopic (exact) mass is 224 g/mol. The SMILES string of the molecule is CCNCCC(=O)N(CCO)CC(F)F. The minimum Gasteiger partial charge on any atom is -0.395 e. The number of nitrogens with zero attached hydrogens (tertiary/aromatic N) is 1. The molecular weight excluding hydrogens is 206 g/mol. The number of carbonyl (C=O) groups excluding carboxylic acids is 1. The van der Waals surface area contributed by atoms with Crippen LogP contribution in [0, 0.1) is 0 Å². The molecule has 0 spiro atoms. The molecule has 0 rings (SSSR count). The number of alkyl halides is 2. The van der Waals surface area contributed by atoms with Gasteiger partial charge >= 0.3 is 0 Å². The van der Waals surface area contributed by atoms with E-state index in [1.807, 2.05) is 6.92 Å². The van der Waals surface area contributed by atoms with Crippen LogP contribution < -0.4 is 5.32 Å². The summed E-state index contributed by atoms with van der Waals surface area (Å²) in [6.45, 7) is 2.18. The van der Waals surface area contributed by atoms with Gasteiger partial charge < -0.3 is 15.3 Å². The zero-order chi connectivity index (χ0) is 11.7. The lowest BCUT2D eigenvalue weighted by Crippen LogP contribution is -2.38. The van der Waals surface area contributed by atoms with Gasteiger partial charge in [-0.15, -0.1) is 0 Å². The van der Waals surface area contributed by atoms with E-state index >= 15 is 0 Å². The van der Waals surface area contributed by atoms with E-state index in [0.29, 0.717) is 6.54 Å². The molecule has 6 heteroatoms. The molecule has 0 aliphatic heterocycles. The van der Waals surface area contributed by atoms with Crippen molar-refractivity contribution in [2.24, 2.45) is 0 Å². The number of carbonyl (C=O) groups is 1. The van der Waals surface area contributed by atoms with Gasteiger partial charge in [0, 0.05) is 19.5 Å². The standard InChI is InChI=1S/C9H18F2N2O2/c1-2-12-4-3-9(15)13(5-6-14)7-8(10)11/h8,12,14H,2-7H2,1H3. The molecule has 90 valence electrons. The average molecular weight is 224 g/mol. The van der Waals surface area contributed by atoms with Gasteiger partial charge in [0.1, 0.15) is 0 Å². The Bertz CT molecular complexity index is 179. The third-order valence-corrected chi connectivity index (χ3v) is 1.85. The molecular formula is C9H18F2N2O2. The molecule has 4 nitrogen and oxygen atoms in total. The minimum absolute atomic E-state index is 0.0324. The molecule has 0 bridgehead atoms. The van der Waals surface area contributed by atoms with Crippen LogP contribution in [-0.4, -0.2) is 55.1 Å². The quantitative estimate of drug-likeness (QED) is 0.574. The minimum atomic E-state index is -2.56. The van der Waals surface area contributed by atoms with E-state index < -0.39 is 13.0 Å². The molecule has 0 heterocycles. The summed E-state index contributed by atoms with van der Waals surface area (Å²) in [5.74, 6) is -0.356. The fourth-order valence-electron chi connectivity index (χ4n) is 1.14. The summed E-state index contributed by atoms with van der Waals surface area (Å²) in [5, 5.41) is 11.5. The Labute approximate surface area is 88.3 Å². The fourth-order valence-corrected chi connectivity index (χ4v) is 1.14. The Hall–Kier alpha value is -0.750. The van der Waals surface area contributed by atoms with Crippen molar-refractivity contribution in [1.29, 1.82) is 0 Å². The summed E-state index contributed by atoms with van der Waals surface area (Å²) in [4.78, 5) is 12.4. The normalized spacial score (nSPS) is 10.7. The van der Waals surface area contributed by atoms with E-state index in [1.165, 1.54) is 0 Å². The topological polar surface area (TPSA) is 52.6 Å². The lowest BCUT2D eigenvalue weighted by atomic mass is 10.3. The molecule has 1 amide bonds. The average Bonchev–Trinajstić information content (AvgIpc) is 2.17. The van der Waals surface area contributed by atoms with Crippen LogP contribution in [0.25, 0.3) is 0 Å². The molecule has 0 aromatic carbocycles. The van der Waals surface area contributed by atoms with Crippen LogP contribution in [0.5, 0.6) is 0 Å². The highest BCUT2D eigenvalue weighted by atomic mass is 19.3. The summed E-state index contributed by atoms with van der Waals surface area (Å²) in [6.07, 6.45) is -2.37. The largest absolute Gasteiger partial charge is 0.395 e. The highest BCUT2D eigenvalue weighted by Gasteiger charge is 2.16. The number of rotatable bonds is 8. The van der Waals surface area contributed by atoms with Gasteiger partial charge in [0.15, 0.2) is 0 Å². The molecule has 0 saturated heterocycles. The zero-order valence-electron chi connectivity index (χ0n) is 8.88. The van der Waals surface area contributed by atoms with Gasteiger partial charge in [-0.2, -0.15) is 0 Å². The summed E-state index contributed by atoms with van der Waals surface area (Å²) in [5.41, 5.74) is 0. The Morgan fingerprint density at radius 2 is 2.20 bits per heavy atom. The van der Waals surface area contributed by atoms with Gasteiger partial charge in [-0.1, -0.05) is 6.92 Å². The molecule has 0 fully saturated rings. The number of halogens is 2. The maximum atomic E-state index is 12.1. The van der Waals surface area contributed by atoms with Gasteiger partial charge in [-0.25, -0.2) is 8.78 Å². The van der Waals surface area contributed by atoms with Crippen LogP contribution in [0.4, 0.5) is 8.78 Å². The molecule has 0 unspecified atom stereocenters. The molecule has 2 N–H and O–H groups in total. The highest BCUT2D eigenvalue weighted by molar-refractivity contribution is 5.76. The van der Waals surface area contributed by atoms with Crippen molar-refractivity contribution in [3.8, 4) is 0 Å². The number of hydrogen-bond acceptors (Lipinski definition) is 3. The van der Waals surface area contributed by atoms with Crippen molar-refractivity contribution >= 4 is 5.91 Å². The van der Waals surface area contributed by atoms with E-state index in [2.05, 4.69) is 5.32 Å². The second-order valence-electron chi connectivity index (χ2n) is 3.06. The van der Waals surface area contributed by atoms with Crippen molar-refractivity contribution in [2.75, 3.05) is 32.8 Å². The van der Waals surface area contributed by atoms with Crippen molar-refractivity contribution in [2.45, 2.75) is 19.8 Å². The van der Waals surface area contributed by atoms with Crippen molar-refractivity contribution in [1.82, 2.24) is 10.2 Å². The van der Waals surface area contributed by atoms with Gasteiger partial charge in [-0.3, -0.25) is 4.79 Å². The van der Waals surface area contributed by atoms with Crippen LogP contribution in [0.1, 0.15) is 13.3 Å². The van der Waals surface area contributed by atoms with E-state index in [9.17, 15) is 13.6 Å². The van der Waals surface area contributed by atoms with Crippen molar-refractivity contribution < 1.29 is 18.7 Å². The van der Waals surface area contributed by atoms with Crippen molar-refractivity contribution in [3.63, 3.8) is 0 Å². The summed E-state index contributed by atoms with van der Waals surface area (Å²) in [7, 11) is 0. The fraction of sp³-hybridized carbons (Fsp3) is 0.889. The second-order valence-corrected chi connectivity index (χ2v) is 3.06. The first-order valence-electron chi connectivity index (χ1n) is 4.99. The van der Waals surface area contributed by atoms with Gasteiger partial charge in [0.2, 0.25) is 5.91 Å². The molecule has 0 saturated carbocycles. The van der Waals surface area contributed by atoms with Gasteiger partial charge in [0.25, 0.3) is 6.43 Å². The van der Waals surface area contributed by atoms with Crippen molar-refractivity contribution in [3.05, 3.63) is 0 Å². The second kappa shape index (κ2) is 8.55. The smallest absolute Gasteiger partial charge is 0.255 e. The Balaban J connectivity index is 3.92. The van der Waals surface area contributed by atoms with E-state index in [0.717, 1.165) is 11.4 Å². The van der Waals surface area contributed by atoms with Crippen LogP contribution >= 0.6 is 0 Å².